The molecule has 1 saturated heterocycles. The van der Waals surface area contributed by atoms with Crippen LogP contribution >= 0.6 is 11.3 Å². The molecule has 0 aliphatic carbocycles. The highest BCUT2D eigenvalue weighted by Crippen LogP contribution is 2.55. The van der Waals surface area contributed by atoms with Gasteiger partial charge >= 0.3 is 0 Å². The van der Waals surface area contributed by atoms with Crippen molar-refractivity contribution in [1.29, 1.82) is 10.5 Å². The van der Waals surface area contributed by atoms with Crippen LogP contribution in [0.5, 0.6) is 0 Å². The summed E-state index contributed by atoms with van der Waals surface area (Å²) in [6.07, 6.45) is 3.87. The van der Waals surface area contributed by atoms with Gasteiger partial charge in [0.2, 0.25) is 0 Å². The molecule has 3 aromatic rings. The van der Waals surface area contributed by atoms with E-state index in [1.54, 1.807) is 0 Å². The zero-order valence-electron chi connectivity index (χ0n) is 16.0. The van der Waals surface area contributed by atoms with Crippen molar-refractivity contribution in [2.45, 2.75) is 18.0 Å². The SMILES string of the molecule is N#CC1(C#N)[C@H](c2ccccc2)[C@@H](C(=O)c2ccsc2)N2c3ccccc3C=C[C@@H]21. The van der Waals surface area contributed by atoms with Crippen molar-refractivity contribution in [3.8, 4) is 12.1 Å². The van der Waals surface area contributed by atoms with Crippen LogP contribution in [0, 0.1) is 28.1 Å². The smallest absolute Gasteiger partial charge is 0.186 e. The molecule has 144 valence electrons. The Kier molecular flexibility index (Phi) is 4.28. The summed E-state index contributed by atoms with van der Waals surface area (Å²) in [6.45, 7) is 0. The molecule has 0 amide bonds. The summed E-state index contributed by atoms with van der Waals surface area (Å²) in [5, 5.41) is 24.4. The predicted octanol–water partition coefficient (Wildman–Crippen LogP) is 5.03. The molecule has 0 spiro atoms. The molecular formula is C25H17N3OS. The van der Waals surface area contributed by atoms with Gasteiger partial charge in [0.1, 0.15) is 6.04 Å². The molecule has 2 aromatic carbocycles. The van der Waals surface area contributed by atoms with Crippen LogP contribution in [0.3, 0.4) is 0 Å². The number of nitriles is 2. The Morgan fingerprint density at radius 1 is 1.00 bits per heavy atom. The lowest BCUT2D eigenvalue weighted by atomic mass is 9.69. The molecule has 0 unspecified atom stereocenters. The average Bonchev–Trinajstić information content (AvgIpc) is 3.44. The minimum Gasteiger partial charge on any atom is -0.351 e. The fourth-order valence-electron chi connectivity index (χ4n) is 4.84. The number of carbonyl (C=O) groups is 1. The lowest BCUT2D eigenvalue weighted by Crippen LogP contribution is -2.44. The average molecular weight is 407 g/mol. The van der Waals surface area contributed by atoms with E-state index in [4.69, 9.17) is 0 Å². The Balaban J connectivity index is 1.80. The third-order valence-corrected chi connectivity index (χ3v) is 6.83. The first-order chi connectivity index (χ1) is 14.7. The highest BCUT2D eigenvalue weighted by Gasteiger charge is 2.63. The lowest BCUT2D eigenvalue weighted by Gasteiger charge is -2.35. The first-order valence-electron chi connectivity index (χ1n) is 9.70. The van der Waals surface area contributed by atoms with Crippen LogP contribution in [0.15, 0.2) is 77.5 Å². The van der Waals surface area contributed by atoms with E-state index in [1.165, 1.54) is 11.3 Å². The molecule has 5 rings (SSSR count). The van der Waals surface area contributed by atoms with Gasteiger partial charge in [-0.15, -0.1) is 0 Å². The second kappa shape index (κ2) is 6.99. The van der Waals surface area contributed by atoms with Crippen LogP contribution < -0.4 is 4.90 Å². The summed E-state index contributed by atoms with van der Waals surface area (Å²) in [6, 6.07) is 22.7. The topological polar surface area (TPSA) is 67.9 Å². The molecule has 2 aliphatic heterocycles. The standard InChI is InChI=1S/C25H17N3OS/c26-15-25(16-27)21-11-10-17-6-4-5-9-20(17)28(21)23(24(29)19-12-13-30-14-19)22(25)18-7-2-1-3-8-18/h1-14,21-23H/t21-,22-,23+/m1/s1. The number of para-hydroxylation sites is 1. The molecule has 5 heteroatoms. The van der Waals surface area contributed by atoms with Gasteiger partial charge in [-0.05, 0) is 28.6 Å². The van der Waals surface area contributed by atoms with Crippen LogP contribution in [0.4, 0.5) is 5.69 Å². The minimum atomic E-state index is -1.39. The molecule has 3 heterocycles. The van der Waals surface area contributed by atoms with Gasteiger partial charge in [-0.25, -0.2) is 0 Å². The van der Waals surface area contributed by atoms with Crippen molar-refractivity contribution in [2.75, 3.05) is 4.90 Å². The summed E-state index contributed by atoms with van der Waals surface area (Å²) < 4.78 is 0. The van der Waals surface area contributed by atoms with Gasteiger partial charge in [-0.2, -0.15) is 21.9 Å². The maximum absolute atomic E-state index is 13.8. The maximum Gasteiger partial charge on any atom is 0.186 e. The lowest BCUT2D eigenvalue weighted by molar-refractivity contribution is 0.0951. The Morgan fingerprint density at radius 2 is 1.73 bits per heavy atom. The van der Waals surface area contributed by atoms with Crippen molar-refractivity contribution in [1.82, 2.24) is 0 Å². The van der Waals surface area contributed by atoms with E-state index in [0.717, 1.165) is 16.8 Å². The summed E-state index contributed by atoms with van der Waals surface area (Å²) in [7, 11) is 0. The zero-order chi connectivity index (χ0) is 20.7. The van der Waals surface area contributed by atoms with E-state index in [1.807, 2.05) is 88.5 Å². The van der Waals surface area contributed by atoms with Gasteiger partial charge in [0.05, 0.1) is 18.2 Å². The number of hydrogen-bond donors (Lipinski definition) is 0. The van der Waals surface area contributed by atoms with E-state index in [9.17, 15) is 15.3 Å². The van der Waals surface area contributed by atoms with E-state index in [-0.39, 0.29) is 5.78 Å². The highest BCUT2D eigenvalue weighted by atomic mass is 32.1. The van der Waals surface area contributed by atoms with E-state index in [0.29, 0.717) is 5.56 Å². The molecule has 0 saturated carbocycles. The second-order valence-electron chi connectivity index (χ2n) is 7.57. The Morgan fingerprint density at radius 3 is 2.43 bits per heavy atom. The summed E-state index contributed by atoms with van der Waals surface area (Å²) in [5.41, 5.74) is 1.92. The first-order valence-corrected chi connectivity index (χ1v) is 10.6. The minimum absolute atomic E-state index is 0.0624. The monoisotopic (exact) mass is 407 g/mol. The highest BCUT2D eigenvalue weighted by molar-refractivity contribution is 7.08. The summed E-state index contributed by atoms with van der Waals surface area (Å²) >= 11 is 1.47. The Labute approximate surface area is 178 Å². The van der Waals surface area contributed by atoms with Gasteiger partial charge < -0.3 is 4.90 Å². The summed E-state index contributed by atoms with van der Waals surface area (Å²) in [4.78, 5) is 15.8. The zero-order valence-corrected chi connectivity index (χ0v) is 16.8. The summed E-state index contributed by atoms with van der Waals surface area (Å²) in [5.74, 6) is -0.644. The van der Waals surface area contributed by atoms with Crippen molar-refractivity contribution in [2.24, 2.45) is 5.41 Å². The van der Waals surface area contributed by atoms with Crippen LogP contribution in [0.1, 0.15) is 27.4 Å². The van der Waals surface area contributed by atoms with Crippen LogP contribution in [-0.2, 0) is 0 Å². The number of carbonyl (C=O) groups excluding carboxylic acids is 1. The van der Waals surface area contributed by atoms with Gasteiger partial charge in [0.15, 0.2) is 11.2 Å². The van der Waals surface area contributed by atoms with E-state index >= 15 is 0 Å². The largest absolute Gasteiger partial charge is 0.351 e. The molecule has 0 radical (unpaired) electrons. The molecule has 2 aliphatic rings. The molecule has 0 bridgehead atoms. The number of ketones is 1. The fraction of sp³-hybridized carbons (Fsp3) is 0.160. The second-order valence-corrected chi connectivity index (χ2v) is 8.35. The number of benzene rings is 2. The van der Waals surface area contributed by atoms with Crippen molar-refractivity contribution >= 4 is 28.9 Å². The molecular weight excluding hydrogens is 390 g/mol. The normalized spacial score (nSPS) is 23.1. The van der Waals surface area contributed by atoms with Crippen LogP contribution in [0.25, 0.3) is 6.08 Å². The van der Waals surface area contributed by atoms with E-state index < -0.39 is 23.4 Å². The number of rotatable bonds is 3. The van der Waals surface area contributed by atoms with Crippen molar-refractivity contribution in [3.05, 3.63) is 94.2 Å². The third-order valence-electron chi connectivity index (χ3n) is 6.15. The van der Waals surface area contributed by atoms with Crippen LogP contribution in [-0.4, -0.2) is 17.9 Å². The molecule has 30 heavy (non-hydrogen) atoms. The van der Waals surface area contributed by atoms with Gasteiger partial charge in [-0.3, -0.25) is 4.79 Å². The third kappa shape index (κ3) is 2.46. The number of fused-ring (bicyclic) bond motifs is 3. The van der Waals surface area contributed by atoms with E-state index in [2.05, 4.69) is 12.1 Å². The molecule has 4 nitrogen and oxygen atoms in total. The number of anilines is 1. The molecule has 0 N–H and O–H groups in total. The van der Waals surface area contributed by atoms with Crippen molar-refractivity contribution in [3.63, 3.8) is 0 Å². The Hall–Kier alpha value is -3.67. The molecule has 1 aromatic heterocycles. The van der Waals surface area contributed by atoms with Crippen molar-refractivity contribution < 1.29 is 4.79 Å². The quantitative estimate of drug-likeness (QED) is 0.571. The van der Waals surface area contributed by atoms with Gasteiger partial charge in [0.25, 0.3) is 0 Å². The number of hydrogen-bond acceptors (Lipinski definition) is 5. The van der Waals surface area contributed by atoms with Gasteiger partial charge in [0, 0.05) is 22.5 Å². The van der Waals surface area contributed by atoms with Gasteiger partial charge in [-0.1, -0.05) is 60.7 Å². The maximum atomic E-state index is 13.8. The number of Topliss-reactive ketones (excluding diaryl/α,β-unsaturated/α-hetero) is 1. The molecule has 3 atom stereocenters. The molecule has 1 fully saturated rings. The Bertz CT molecular complexity index is 1200. The number of thiophene rings is 1. The predicted molar refractivity (Wildman–Crippen MR) is 117 cm³/mol. The first kappa shape index (κ1) is 18.4. The fourth-order valence-corrected chi connectivity index (χ4v) is 5.49. The van der Waals surface area contributed by atoms with Crippen LogP contribution in [0.2, 0.25) is 0 Å². The number of nitrogens with zero attached hydrogens (tertiary/aromatic N) is 3.